The zero-order valence-electron chi connectivity index (χ0n) is 11.6. The van der Waals surface area contributed by atoms with E-state index in [-0.39, 0.29) is 10.9 Å². The molecule has 0 fully saturated rings. The molecule has 112 valence electrons. The molecule has 0 bridgehead atoms. The third kappa shape index (κ3) is 2.55. The van der Waals surface area contributed by atoms with Crippen molar-refractivity contribution in [1.82, 2.24) is 9.29 Å². The molecule has 1 aromatic heterocycles. The van der Waals surface area contributed by atoms with Gasteiger partial charge in [0.2, 0.25) is 10.0 Å². The van der Waals surface area contributed by atoms with Gasteiger partial charge in [-0.15, -0.1) is 0 Å². The minimum absolute atomic E-state index is 0.217. The molecule has 3 N–H and O–H groups in total. The summed E-state index contributed by atoms with van der Waals surface area (Å²) in [6.07, 6.45) is 1.56. The first kappa shape index (κ1) is 14.1. The Labute approximate surface area is 123 Å². The molecule has 3 rings (SSSR count). The molecule has 1 atom stereocenters. The van der Waals surface area contributed by atoms with Crippen molar-refractivity contribution in [1.29, 1.82) is 0 Å². The number of aryl methyl sites for hydroxylation is 1. The lowest BCUT2D eigenvalue weighted by molar-refractivity contribution is 0.325. The molecular formula is C14H17N3O3S. The quantitative estimate of drug-likeness (QED) is 0.878. The number of nitrogens with zero attached hydrogens (tertiary/aromatic N) is 1. The van der Waals surface area contributed by atoms with Gasteiger partial charge in [-0.1, -0.05) is 18.2 Å². The largest absolute Gasteiger partial charge is 0.491 e. The van der Waals surface area contributed by atoms with Crippen molar-refractivity contribution >= 4 is 10.0 Å². The minimum atomic E-state index is -3.60. The van der Waals surface area contributed by atoms with Crippen molar-refractivity contribution in [3.8, 4) is 5.75 Å². The number of para-hydroxylation sites is 1. The second-order valence-corrected chi connectivity index (χ2v) is 6.72. The van der Waals surface area contributed by atoms with Crippen LogP contribution in [0.1, 0.15) is 17.3 Å². The van der Waals surface area contributed by atoms with Crippen LogP contribution in [0.25, 0.3) is 0 Å². The molecule has 0 amide bonds. The standard InChI is InChI=1S/C14H17N3O3S/c1-17-8-11(6-10(17)7-15)21(18,19)16-13-9-20-14-5-3-2-4-12(13)14/h2-6,8,13,16H,7,9,15H2,1H3. The average molecular weight is 307 g/mol. The summed E-state index contributed by atoms with van der Waals surface area (Å²) < 4.78 is 34.8. The van der Waals surface area contributed by atoms with Crippen LogP contribution in [0, 0.1) is 0 Å². The van der Waals surface area contributed by atoms with Crippen LogP contribution in [0.3, 0.4) is 0 Å². The third-order valence-corrected chi connectivity index (χ3v) is 5.04. The van der Waals surface area contributed by atoms with E-state index in [1.165, 1.54) is 0 Å². The van der Waals surface area contributed by atoms with E-state index in [1.54, 1.807) is 23.9 Å². The van der Waals surface area contributed by atoms with Gasteiger partial charge in [-0.3, -0.25) is 0 Å². The van der Waals surface area contributed by atoms with Crippen molar-refractivity contribution < 1.29 is 13.2 Å². The van der Waals surface area contributed by atoms with Gasteiger partial charge < -0.3 is 15.0 Å². The molecule has 2 aromatic rings. The molecule has 6 nitrogen and oxygen atoms in total. The Balaban J connectivity index is 1.87. The van der Waals surface area contributed by atoms with Crippen LogP contribution >= 0.6 is 0 Å². The van der Waals surface area contributed by atoms with E-state index < -0.39 is 10.0 Å². The van der Waals surface area contributed by atoms with Gasteiger partial charge in [0.25, 0.3) is 0 Å². The number of hydrogen-bond acceptors (Lipinski definition) is 4. The molecule has 0 radical (unpaired) electrons. The number of nitrogens with two attached hydrogens (primary N) is 1. The molecule has 0 spiro atoms. The molecule has 1 aliphatic heterocycles. The molecule has 1 aliphatic rings. The van der Waals surface area contributed by atoms with Crippen LogP contribution in [0.15, 0.2) is 41.4 Å². The van der Waals surface area contributed by atoms with Gasteiger partial charge in [0, 0.05) is 31.0 Å². The van der Waals surface area contributed by atoms with Crippen LogP contribution in [-0.4, -0.2) is 19.6 Å². The minimum Gasteiger partial charge on any atom is -0.491 e. The topological polar surface area (TPSA) is 86.3 Å². The van der Waals surface area contributed by atoms with Crippen molar-refractivity contribution in [2.45, 2.75) is 17.5 Å². The van der Waals surface area contributed by atoms with Crippen LogP contribution in [0.4, 0.5) is 0 Å². The van der Waals surface area contributed by atoms with Gasteiger partial charge in [-0.05, 0) is 12.1 Å². The number of benzene rings is 1. The first-order chi connectivity index (χ1) is 10.0. The Hall–Kier alpha value is -1.83. The molecule has 0 aliphatic carbocycles. The van der Waals surface area contributed by atoms with Gasteiger partial charge in [0.15, 0.2) is 0 Å². The van der Waals surface area contributed by atoms with E-state index >= 15 is 0 Å². The fraction of sp³-hybridized carbons (Fsp3) is 0.286. The van der Waals surface area contributed by atoms with E-state index in [4.69, 9.17) is 10.5 Å². The molecule has 21 heavy (non-hydrogen) atoms. The normalized spacial score (nSPS) is 17.5. The molecule has 1 aromatic carbocycles. The van der Waals surface area contributed by atoms with Crippen molar-refractivity contribution in [3.05, 3.63) is 47.8 Å². The van der Waals surface area contributed by atoms with Crippen LogP contribution in [-0.2, 0) is 23.6 Å². The summed E-state index contributed by atoms with van der Waals surface area (Å²) in [4.78, 5) is 0.217. The predicted octanol–water partition coefficient (Wildman–Crippen LogP) is 0.896. The fourth-order valence-corrected chi connectivity index (χ4v) is 3.74. The predicted molar refractivity (Wildman–Crippen MR) is 78.3 cm³/mol. The van der Waals surface area contributed by atoms with Crippen molar-refractivity contribution in [3.63, 3.8) is 0 Å². The van der Waals surface area contributed by atoms with Crippen LogP contribution in [0.2, 0.25) is 0 Å². The van der Waals surface area contributed by atoms with Gasteiger partial charge in [-0.2, -0.15) is 0 Å². The molecule has 1 unspecified atom stereocenters. The van der Waals surface area contributed by atoms with Crippen LogP contribution < -0.4 is 15.2 Å². The van der Waals surface area contributed by atoms with Gasteiger partial charge in [0.05, 0.1) is 10.9 Å². The van der Waals surface area contributed by atoms with E-state index in [0.29, 0.717) is 13.2 Å². The second kappa shape index (κ2) is 5.18. The monoisotopic (exact) mass is 307 g/mol. The maximum absolute atomic E-state index is 12.5. The first-order valence-corrected chi connectivity index (χ1v) is 8.09. The highest BCUT2D eigenvalue weighted by atomic mass is 32.2. The van der Waals surface area contributed by atoms with Crippen molar-refractivity contribution in [2.24, 2.45) is 12.8 Å². The second-order valence-electron chi connectivity index (χ2n) is 5.00. The van der Waals surface area contributed by atoms with Crippen LogP contribution in [0.5, 0.6) is 5.75 Å². The molecule has 0 saturated heterocycles. The summed E-state index contributed by atoms with van der Waals surface area (Å²) in [6.45, 7) is 0.594. The summed E-state index contributed by atoms with van der Waals surface area (Å²) in [7, 11) is -1.83. The zero-order valence-corrected chi connectivity index (χ0v) is 12.4. The molecule has 7 heteroatoms. The number of nitrogens with one attached hydrogen (secondary N) is 1. The van der Waals surface area contributed by atoms with E-state index in [1.807, 2.05) is 24.3 Å². The summed E-state index contributed by atoms with van der Waals surface area (Å²) in [5, 5.41) is 0. The number of aromatic nitrogens is 1. The highest BCUT2D eigenvalue weighted by Gasteiger charge is 2.29. The summed E-state index contributed by atoms with van der Waals surface area (Å²) >= 11 is 0. The molecular weight excluding hydrogens is 290 g/mol. The maximum Gasteiger partial charge on any atom is 0.242 e. The smallest absolute Gasteiger partial charge is 0.242 e. The number of sulfonamides is 1. The van der Waals surface area contributed by atoms with E-state index in [2.05, 4.69) is 4.72 Å². The number of ether oxygens (including phenoxy) is 1. The highest BCUT2D eigenvalue weighted by Crippen LogP contribution is 2.32. The summed E-state index contributed by atoms with van der Waals surface area (Å²) in [6, 6.07) is 8.64. The fourth-order valence-electron chi connectivity index (χ4n) is 2.44. The number of hydrogen-bond donors (Lipinski definition) is 2. The van der Waals surface area contributed by atoms with Gasteiger partial charge in [0.1, 0.15) is 12.4 Å². The van der Waals surface area contributed by atoms with Gasteiger partial charge >= 0.3 is 0 Å². The lowest BCUT2D eigenvalue weighted by atomic mass is 10.1. The highest BCUT2D eigenvalue weighted by molar-refractivity contribution is 7.89. The molecule has 2 heterocycles. The van der Waals surface area contributed by atoms with E-state index in [0.717, 1.165) is 17.0 Å². The Morgan fingerprint density at radius 3 is 2.90 bits per heavy atom. The summed E-state index contributed by atoms with van der Waals surface area (Å²) in [5.74, 6) is 0.723. The lowest BCUT2D eigenvalue weighted by Crippen LogP contribution is -2.29. The zero-order chi connectivity index (χ0) is 15.0. The van der Waals surface area contributed by atoms with Crippen molar-refractivity contribution in [2.75, 3.05) is 6.61 Å². The lowest BCUT2D eigenvalue weighted by Gasteiger charge is -2.11. The van der Waals surface area contributed by atoms with Gasteiger partial charge in [-0.25, -0.2) is 13.1 Å². The summed E-state index contributed by atoms with van der Waals surface area (Å²) in [5.41, 5.74) is 7.20. The Kier molecular flexibility index (Phi) is 3.48. The SMILES string of the molecule is Cn1cc(S(=O)(=O)NC2COc3ccccc32)cc1CN. The Bertz CT molecular complexity index is 768. The number of rotatable bonds is 4. The number of fused-ring (bicyclic) bond motifs is 1. The molecule has 0 saturated carbocycles. The third-order valence-electron chi connectivity index (χ3n) is 3.60. The van der Waals surface area contributed by atoms with E-state index in [9.17, 15) is 8.42 Å². The maximum atomic E-state index is 12.5. The average Bonchev–Trinajstić information content (AvgIpc) is 3.03. The Morgan fingerprint density at radius 2 is 2.19 bits per heavy atom. The first-order valence-electron chi connectivity index (χ1n) is 6.60. The Morgan fingerprint density at radius 1 is 1.43 bits per heavy atom.